The number of hydrogen-bond acceptors (Lipinski definition) is 4. The van der Waals surface area contributed by atoms with Gasteiger partial charge < -0.3 is 30.8 Å². The highest BCUT2D eigenvalue weighted by Crippen LogP contribution is 2.20. The van der Waals surface area contributed by atoms with Crippen molar-refractivity contribution in [2.45, 2.75) is 76.3 Å². The molecule has 42 heavy (non-hydrogen) atoms. The number of carbonyl (C=O) groups is 4. The molecule has 2 aromatic carbocycles. The minimum atomic E-state index is -1.06. The van der Waals surface area contributed by atoms with Gasteiger partial charge in [0.05, 0.1) is 0 Å². The molecule has 0 fully saturated rings. The molecule has 0 bridgehead atoms. The first-order chi connectivity index (χ1) is 20.3. The summed E-state index contributed by atoms with van der Waals surface area (Å²) in [6, 6.07) is 13.3. The van der Waals surface area contributed by atoms with Crippen LogP contribution in [0, 0.1) is 0 Å². The van der Waals surface area contributed by atoms with Gasteiger partial charge in [-0.3, -0.25) is 9.59 Å². The Morgan fingerprint density at radius 1 is 0.595 bits per heavy atom. The van der Waals surface area contributed by atoms with E-state index >= 15 is 0 Å². The molecule has 10 nitrogen and oxygen atoms in total. The Bertz CT molecular complexity index is 1410. The molecule has 2 heterocycles. The number of unbranched alkanes of at least 4 members (excludes halogenated alkanes) is 5. The van der Waals surface area contributed by atoms with Crippen LogP contribution in [0.4, 0.5) is 0 Å². The Balaban J connectivity index is 1.08. The SMILES string of the molecule is O=C(CCCCCCCCC(=O)N[C@H](Cc1c[nH]c2ccccc12)C(=O)O)N[C@H](Cc1c[nH]c2ccccc12)C(=O)O. The number of nitrogens with one attached hydrogen (secondary N) is 4. The molecular weight excluding hydrogens is 536 g/mol. The van der Waals surface area contributed by atoms with Crippen LogP contribution in [0.2, 0.25) is 0 Å². The largest absolute Gasteiger partial charge is 0.480 e. The normalized spacial score (nSPS) is 12.7. The van der Waals surface area contributed by atoms with Crippen LogP contribution in [0.1, 0.15) is 62.5 Å². The number of rotatable bonds is 17. The van der Waals surface area contributed by atoms with Gasteiger partial charge in [0.1, 0.15) is 12.1 Å². The molecule has 2 aromatic heterocycles. The van der Waals surface area contributed by atoms with E-state index in [0.717, 1.165) is 58.6 Å². The Labute approximate surface area is 243 Å². The molecule has 6 N–H and O–H groups in total. The third kappa shape index (κ3) is 8.45. The molecule has 0 aliphatic rings. The number of hydrogen-bond donors (Lipinski definition) is 6. The fraction of sp³-hybridized carbons (Fsp3) is 0.375. The van der Waals surface area contributed by atoms with E-state index in [0.29, 0.717) is 12.8 Å². The summed E-state index contributed by atoms with van der Waals surface area (Å²) in [6.45, 7) is 0. The van der Waals surface area contributed by atoms with Crippen molar-refractivity contribution in [2.24, 2.45) is 0 Å². The van der Waals surface area contributed by atoms with E-state index in [-0.39, 0.29) is 37.5 Å². The van der Waals surface area contributed by atoms with Crippen LogP contribution in [0.15, 0.2) is 60.9 Å². The fourth-order valence-electron chi connectivity index (χ4n) is 5.25. The van der Waals surface area contributed by atoms with Gasteiger partial charge in [0.15, 0.2) is 0 Å². The Hall–Kier alpha value is -4.60. The fourth-order valence-corrected chi connectivity index (χ4v) is 5.25. The number of aromatic nitrogens is 2. The zero-order chi connectivity index (χ0) is 29.9. The summed E-state index contributed by atoms with van der Waals surface area (Å²) in [7, 11) is 0. The molecule has 2 atom stereocenters. The molecular formula is C32H38N4O6. The highest BCUT2D eigenvalue weighted by Gasteiger charge is 2.23. The summed E-state index contributed by atoms with van der Waals surface area (Å²) in [5, 5.41) is 26.4. The molecule has 10 heteroatoms. The third-order valence-corrected chi connectivity index (χ3v) is 7.52. The van der Waals surface area contributed by atoms with E-state index in [1.54, 1.807) is 12.4 Å². The van der Waals surface area contributed by atoms with Crippen LogP contribution < -0.4 is 10.6 Å². The molecule has 0 saturated carbocycles. The van der Waals surface area contributed by atoms with Crippen molar-refractivity contribution in [1.29, 1.82) is 0 Å². The first kappa shape index (κ1) is 30.4. The summed E-state index contributed by atoms with van der Waals surface area (Å²) in [5.74, 6) is -2.69. The van der Waals surface area contributed by atoms with Crippen molar-refractivity contribution < 1.29 is 29.4 Å². The summed E-state index contributed by atoms with van der Waals surface area (Å²) in [5.41, 5.74) is 3.54. The van der Waals surface area contributed by atoms with Gasteiger partial charge in [-0.2, -0.15) is 0 Å². The lowest BCUT2D eigenvalue weighted by Crippen LogP contribution is -2.42. The van der Waals surface area contributed by atoms with Crippen LogP contribution in [-0.4, -0.2) is 56.0 Å². The average Bonchev–Trinajstić information content (AvgIpc) is 3.57. The highest BCUT2D eigenvalue weighted by molar-refractivity contribution is 5.88. The van der Waals surface area contributed by atoms with E-state index < -0.39 is 24.0 Å². The zero-order valence-electron chi connectivity index (χ0n) is 23.5. The number of fused-ring (bicyclic) bond motifs is 2. The molecule has 4 aromatic rings. The molecule has 0 spiro atoms. The molecule has 0 aliphatic carbocycles. The van der Waals surface area contributed by atoms with Crippen molar-refractivity contribution in [2.75, 3.05) is 0 Å². The molecule has 0 unspecified atom stereocenters. The maximum absolute atomic E-state index is 12.4. The van der Waals surface area contributed by atoms with E-state index in [4.69, 9.17) is 0 Å². The second-order valence-corrected chi connectivity index (χ2v) is 10.7. The second-order valence-electron chi connectivity index (χ2n) is 10.7. The van der Waals surface area contributed by atoms with Gasteiger partial charge in [0.2, 0.25) is 11.8 Å². The second kappa shape index (κ2) is 14.9. The van der Waals surface area contributed by atoms with Crippen molar-refractivity contribution in [3.63, 3.8) is 0 Å². The standard InChI is InChI=1S/C32H38N4O6/c37-29(35-27(31(39)40)17-21-19-33-25-13-9-7-11-23(21)25)15-5-3-1-2-4-6-16-30(38)36-28(32(41)42)18-22-20-34-26-14-10-8-12-24(22)26/h7-14,19-20,27-28,33-34H,1-6,15-18H2,(H,35,37)(H,36,38)(H,39,40)(H,41,42)/t27-,28-/m1/s1. The smallest absolute Gasteiger partial charge is 0.326 e. The summed E-state index contributed by atoms with van der Waals surface area (Å²) in [4.78, 5) is 54.5. The molecule has 222 valence electrons. The average molecular weight is 575 g/mol. The molecule has 2 amide bonds. The van der Waals surface area contributed by atoms with E-state index in [2.05, 4.69) is 20.6 Å². The van der Waals surface area contributed by atoms with Crippen molar-refractivity contribution in [3.05, 3.63) is 72.1 Å². The number of benzene rings is 2. The van der Waals surface area contributed by atoms with Crippen LogP contribution in [0.5, 0.6) is 0 Å². The van der Waals surface area contributed by atoms with Gasteiger partial charge in [0, 0.05) is 59.9 Å². The quantitative estimate of drug-likeness (QED) is 0.100. The van der Waals surface area contributed by atoms with E-state index in [1.807, 2.05) is 48.5 Å². The third-order valence-electron chi connectivity index (χ3n) is 7.52. The van der Waals surface area contributed by atoms with Crippen LogP contribution >= 0.6 is 0 Å². The van der Waals surface area contributed by atoms with Crippen LogP contribution in [-0.2, 0) is 32.0 Å². The van der Waals surface area contributed by atoms with Gasteiger partial charge >= 0.3 is 11.9 Å². The Morgan fingerprint density at radius 2 is 0.976 bits per heavy atom. The number of amides is 2. The van der Waals surface area contributed by atoms with Crippen LogP contribution in [0.25, 0.3) is 21.8 Å². The lowest BCUT2D eigenvalue weighted by atomic mass is 10.0. The van der Waals surface area contributed by atoms with E-state index in [1.165, 1.54) is 0 Å². The monoisotopic (exact) mass is 574 g/mol. The first-order valence-electron chi connectivity index (χ1n) is 14.5. The van der Waals surface area contributed by atoms with Crippen LogP contribution in [0.3, 0.4) is 0 Å². The maximum Gasteiger partial charge on any atom is 0.326 e. The number of H-pyrrole nitrogens is 2. The molecule has 0 saturated heterocycles. The number of para-hydroxylation sites is 2. The number of carboxylic acid groups (broad SMARTS) is 2. The summed E-state index contributed by atoms with van der Waals surface area (Å²) in [6.07, 6.45) is 9.23. The molecule has 0 aliphatic heterocycles. The van der Waals surface area contributed by atoms with Gasteiger partial charge in [-0.15, -0.1) is 0 Å². The van der Waals surface area contributed by atoms with Gasteiger partial charge in [-0.25, -0.2) is 9.59 Å². The molecule has 4 rings (SSSR count). The predicted molar refractivity (Wildman–Crippen MR) is 160 cm³/mol. The predicted octanol–water partition coefficient (Wildman–Crippen LogP) is 4.69. The van der Waals surface area contributed by atoms with Gasteiger partial charge in [-0.1, -0.05) is 62.1 Å². The number of carbonyl (C=O) groups excluding carboxylic acids is 2. The highest BCUT2D eigenvalue weighted by atomic mass is 16.4. The number of aromatic amines is 2. The maximum atomic E-state index is 12.4. The summed E-state index contributed by atoms with van der Waals surface area (Å²) < 4.78 is 0. The van der Waals surface area contributed by atoms with E-state index in [9.17, 15) is 29.4 Å². The lowest BCUT2D eigenvalue weighted by molar-refractivity contribution is -0.142. The Morgan fingerprint density at radius 3 is 1.38 bits per heavy atom. The minimum Gasteiger partial charge on any atom is -0.480 e. The summed E-state index contributed by atoms with van der Waals surface area (Å²) >= 11 is 0. The molecule has 0 radical (unpaired) electrons. The van der Waals surface area contributed by atoms with Gasteiger partial charge in [-0.05, 0) is 36.1 Å². The lowest BCUT2D eigenvalue weighted by Gasteiger charge is -2.14. The van der Waals surface area contributed by atoms with Gasteiger partial charge in [0.25, 0.3) is 0 Å². The minimum absolute atomic E-state index is 0.203. The van der Waals surface area contributed by atoms with Crippen molar-refractivity contribution in [1.82, 2.24) is 20.6 Å². The van der Waals surface area contributed by atoms with Crippen molar-refractivity contribution >= 4 is 45.6 Å². The zero-order valence-corrected chi connectivity index (χ0v) is 23.5. The number of carboxylic acids is 2. The topological polar surface area (TPSA) is 164 Å². The Kier molecular flexibility index (Phi) is 10.7. The number of aliphatic carboxylic acids is 2. The first-order valence-corrected chi connectivity index (χ1v) is 14.5. The van der Waals surface area contributed by atoms with Crippen molar-refractivity contribution in [3.8, 4) is 0 Å².